The van der Waals surface area contributed by atoms with Gasteiger partial charge in [-0.1, -0.05) is 12.1 Å². The standard InChI is InChI=1S/C13H9N3O4/c17-11-6-12(18)10(5-7(11)13(19)20)16-14-8-3-1-2-4-9(8)15-16/h1-6,17-18H,(H,19,20). The summed E-state index contributed by atoms with van der Waals surface area (Å²) in [6.07, 6.45) is 0. The zero-order valence-electron chi connectivity index (χ0n) is 10.1. The fourth-order valence-electron chi connectivity index (χ4n) is 1.86. The molecule has 1 heterocycles. The third-order valence-corrected chi connectivity index (χ3v) is 2.83. The Hall–Kier alpha value is -3.09. The summed E-state index contributed by atoms with van der Waals surface area (Å²) >= 11 is 0. The van der Waals surface area contributed by atoms with Crippen LogP contribution in [0.15, 0.2) is 36.4 Å². The number of hydrogen-bond donors (Lipinski definition) is 3. The first-order valence-electron chi connectivity index (χ1n) is 5.68. The molecule has 0 spiro atoms. The normalized spacial score (nSPS) is 10.8. The number of phenolic OH excluding ortho intramolecular Hbond substituents is 1. The summed E-state index contributed by atoms with van der Waals surface area (Å²) < 4.78 is 0. The molecular formula is C13H9N3O4. The maximum absolute atomic E-state index is 11.0. The van der Waals surface area contributed by atoms with E-state index in [-0.39, 0.29) is 17.0 Å². The number of nitrogens with zero attached hydrogens (tertiary/aromatic N) is 3. The fraction of sp³-hybridized carbons (Fsp3) is 0. The number of aromatic carboxylic acids is 1. The number of fused-ring (bicyclic) bond motifs is 1. The van der Waals surface area contributed by atoms with Crippen molar-refractivity contribution in [2.75, 3.05) is 0 Å². The minimum Gasteiger partial charge on any atom is -0.507 e. The second kappa shape index (κ2) is 4.23. The Balaban J connectivity index is 2.22. The first-order chi connectivity index (χ1) is 9.56. The van der Waals surface area contributed by atoms with Gasteiger partial charge in [-0.05, 0) is 18.2 Å². The van der Waals surface area contributed by atoms with Crippen molar-refractivity contribution in [1.82, 2.24) is 15.0 Å². The van der Waals surface area contributed by atoms with E-state index >= 15 is 0 Å². The van der Waals surface area contributed by atoms with Crippen molar-refractivity contribution in [1.29, 1.82) is 0 Å². The van der Waals surface area contributed by atoms with Crippen LogP contribution < -0.4 is 0 Å². The summed E-state index contributed by atoms with van der Waals surface area (Å²) in [5.41, 5.74) is 0.962. The van der Waals surface area contributed by atoms with E-state index in [1.165, 1.54) is 0 Å². The minimum atomic E-state index is -1.31. The van der Waals surface area contributed by atoms with Gasteiger partial charge >= 0.3 is 5.97 Å². The van der Waals surface area contributed by atoms with Gasteiger partial charge in [-0.3, -0.25) is 0 Å². The van der Waals surface area contributed by atoms with Gasteiger partial charge in [0.15, 0.2) is 0 Å². The number of rotatable bonds is 2. The molecule has 0 bridgehead atoms. The first-order valence-corrected chi connectivity index (χ1v) is 5.68. The van der Waals surface area contributed by atoms with Crippen molar-refractivity contribution >= 4 is 17.0 Å². The highest BCUT2D eigenvalue weighted by molar-refractivity contribution is 5.92. The Labute approximate surface area is 112 Å². The maximum Gasteiger partial charge on any atom is 0.339 e. The molecule has 3 N–H and O–H groups in total. The van der Waals surface area contributed by atoms with Gasteiger partial charge in [0.1, 0.15) is 33.8 Å². The number of hydrogen-bond acceptors (Lipinski definition) is 5. The number of phenols is 2. The van der Waals surface area contributed by atoms with Gasteiger partial charge < -0.3 is 15.3 Å². The van der Waals surface area contributed by atoms with E-state index in [1.54, 1.807) is 24.3 Å². The molecule has 3 rings (SSSR count). The van der Waals surface area contributed by atoms with Crippen molar-refractivity contribution in [2.45, 2.75) is 0 Å². The predicted molar refractivity (Wildman–Crippen MR) is 69.2 cm³/mol. The quantitative estimate of drug-likeness (QED) is 0.652. The van der Waals surface area contributed by atoms with E-state index in [2.05, 4.69) is 10.2 Å². The van der Waals surface area contributed by atoms with E-state index in [0.717, 1.165) is 16.9 Å². The predicted octanol–water partition coefficient (Wildman–Crippen LogP) is 1.53. The van der Waals surface area contributed by atoms with Gasteiger partial charge in [0.05, 0.1) is 0 Å². The molecule has 1 aromatic heterocycles. The van der Waals surface area contributed by atoms with Gasteiger partial charge in [-0.15, -0.1) is 15.0 Å². The first kappa shape index (κ1) is 12.0. The lowest BCUT2D eigenvalue weighted by atomic mass is 10.1. The van der Waals surface area contributed by atoms with Crippen molar-refractivity contribution < 1.29 is 20.1 Å². The van der Waals surface area contributed by atoms with Crippen LogP contribution in [-0.2, 0) is 0 Å². The molecule has 0 unspecified atom stereocenters. The van der Waals surface area contributed by atoms with E-state index in [0.29, 0.717) is 11.0 Å². The van der Waals surface area contributed by atoms with Gasteiger partial charge in [-0.2, -0.15) is 0 Å². The zero-order valence-corrected chi connectivity index (χ0v) is 10.1. The third-order valence-electron chi connectivity index (χ3n) is 2.83. The SMILES string of the molecule is O=C(O)c1cc(-n2nc3ccccc3n2)c(O)cc1O. The molecule has 2 aromatic carbocycles. The second-order valence-corrected chi connectivity index (χ2v) is 4.14. The van der Waals surface area contributed by atoms with Gasteiger partial charge in [0.25, 0.3) is 0 Å². The van der Waals surface area contributed by atoms with Crippen molar-refractivity contribution in [3.8, 4) is 17.2 Å². The van der Waals surface area contributed by atoms with Crippen molar-refractivity contribution in [3.63, 3.8) is 0 Å². The molecule has 0 atom stereocenters. The largest absolute Gasteiger partial charge is 0.507 e. The van der Waals surface area contributed by atoms with Crippen LogP contribution in [0.3, 0.4) is 0 Å². The summed E-state index contributed by atoms with van der Waals surface area (Å²) in [4.78, 5) is 12.1. The van der Waals surface area contributed by atoms with E-state index in [1.807, 2.05) is 0 Å². The highest BCUT2D eigenvalue weighted by Crippen LogP contribution is 2.29. The summed E-state index contributed by atoms with van der Waals surface area (Å²) in [6.45, 7) is 0. The fourth-order valence-corrected chi connectivity index (χ4v) is 1.86. The molecule has 20 heavy (non-hydrogen) atoms. The molecule has 7 heteroatoms. The second-order valence-electron chi connectivity index (χ2n) is 4.14. The molecule has 0 amide bonds. The molecule has 0 saturated heterocycles. The smallest absolute Gasteiger partial charge is 0.339 e. The van der Waals surface area contributed by atoms with Crippen LogP contribution >= 0.6 is 0 Å². The van der Waals surface area contributed by atoms with Gasteiger partial charge in [-0.25, -0.2) is 4.79 Å². The summed E-state index contributed by atoms with van der Waals surface area (Å²) in [7, 11) is 0. The molecular weight excluding hydrogens is 262 g/mol. The lowest BCUT2D eigenvalue weighted by Crippen LogP contribution is -2.03. The number of carboxylic acids is 1. The Morgan fingerprint density at radius 2 is 1.60 bits per heavy atom. The number of carbonyl (C=O) groups is 1. The average Bonchev–Trinajstić information content (AvgIpc) is 2.81. The van der Waals surface area contributed by atoms with Crippen LogP contribution in [0.1, 0.15) is 10.4 Å². The lowest BCUT2D eigenvalue weighted by Gasteiger charge is -2.06. The molecule has 0 aliphatic rings. The topological polar surface area (TPSA) is 108 Å². The highest BCUT2D eigenvalue weighted by atomic mass is 16.4. The summed E-state index contributed by atoms with van der Waals surface area (Å²) in [5.74, 6) is -2.14. The Bertz CT molecular complexity index is 793. The number of aromatic nitrogens is 3. The van der Waals surface area contributed by atoms with Crippen molar-refractivity contribution in [2.24, 2.45) is 0 Å². The monoisotopic (exact) mass is 271 g/mol. The zero-order chi connectivity index (χ0) is 14.3. The molecule has 100 valence electrons. The van der Waals surface area contributed by atoms with Gasteiger partial charge in [0.2, 0.25) is 0 Å². The highest BCUT2D eigenvalue weighted by Gasteiger charge is 2.17. The van der Waals surface area contributed by atoms with Crippen LogP contribution in [0.2, 0.25) is 0 Å². The Morgan fingerprint density at radius 3 is 2.15 bits per heavy atom. The van der Waals surface area contributed by atoms with E-state index < -0.39 is 11.7 Å². The van der Waals surface area contributed by atoms with Crippen LogP contribution in [0.25, 0.3) is 16.7 Å². The lowest BCUT2D eigenvalue weighted by molar-refractivity contribution is 0.0693. The molecule has 0 aliphatic carbocycles. The Morgan fingerprint density at radius 1 is 1.00 bits per heavy atom. The summed E-state index contributed by atoms with van der Waals surface area (Å²) in [5, 5.41) is 36.6. The maximum atomic E-state index is 11.0. The minimum absolute atomic E-state index is 0.0800. The third kappa shape index (κ3) is 1.81. The summed E-state index contributed by atoms with van der Waals surface area (Å²) in [6, 6.07) is 9.14. The molecule has 3 aromatic rings. The van der Waals surface area contributed by atoms with Gasteiger partial charge in [0, 0.05) is 6.07 Å². The molecule has 0 fully saturated rings. The number of benzene rings is 2. The van der Waals surface area contributed by atoms with Crippen LogP contribution in [0, 0.1) is 0 Å². The molecule has 0 aliphatic heterocycles. The number of aromatic hydroxyl groups is 2. The number of carboxylic acid groups (broad SMARTS) is 1. The molecule has 0 saturated carbocycles. The van der Waals surface area contributed by atoms with E-state index in [9.17, 15) is 15.0 Å². The molecule has 0 radical (unpaired) electrons. The van der Waals surface area contributed by atoms with E-state index in [4.69, 9.17) is 5.11 Å². The van der Waals surface area contributed by atoms with Crippen LogP contribution in [0.4, 0.5) is 0 Å². The Kier molecular flexibility index (Phi) is 2.53. The van der Waals surface area contributed by atoms with Crippen molar-refractivity contribution in [3.05, 3.63) is 42.0 Å². The van der Waals surface area contributed by atoms with Crippen LogP contribution in [0.5, 0.6) is 11.5 Å². The van der Waals surface area contributed by atoms with Crippen LogP contribution in [-0.4, -0.2) is 36.3 Å². The average molecular weight is 271 g/mol. The molecule has 7 nitrogen and oxygen atoms in total.